The second kappa shape index (κ2) is 5.46. The molecule has 2 heterocycles. The molecule has 0 saturated carbocycles. The van der Waals surface area contributed by atoms with Crippen LogP contribution in [0.25, 0.3) is 0 Å². The molecule has 0 bridgehead atoms. The molecule has 0 fully saturated rings. The highest BCUT2D eigenvalue weighted by molar-refractivity contribution is 5.96. The number of nitrogens with one attached hydrogen (secondary N) is 2. The van der Waals surface area contributed by atoms with E-state index in [-0.39, 0.29) is 5.91 Å². The Bertz CT molecular complexity index is 633. The quantitative estimate of drug-likeness (QED) is 0.874. The van der Waals surface area contributed by atoms with Gasteiger partial charge in [0.15, 0.2) is 0 Å². The molecule has 0 atom stereocenters. The van der Waals surface area contributed by atoms with Crippen molar-refractivity contribution in [2.75, 3.05) is 6.54 Å². The lowest BCUT2D eigenvalue weighted by Gasteiger charge is -2.19. The molecule has 0 saturated heterocycles. The number of carbonyl (C=O) groups is 1. The summed E-state index contributed by atoms with van der Waals surface area (Å²) in [6, 6.07) is 5.94. The lowest BCUT2D eigenvalue weighted by Crippen LogP contribution is -2.29. The standard InChI is InChI=1S/C15H18N4O/c1-19-10-11(8-18-19)7-17-15(20)14-4-2-3-12-9-16-6-5-13(12)14/h2-4,8,10,16H,5-7,9H2,1H3,(H,17,20). The molecule has 1 aromatic heterocycles. The van der Waals surface area contributed by atoms with Gasteiger partial charge in [-0.15, -0.1) is 0 Å². The summed E-state index contributed by atoms with van der Waals surface area (Å²) < 4.78 is 1.73. The maximum atomic E-state index is 12.3. The molecule has 2 N–H and O–H groups in total. The summed E-state index contributed by atoms with van der Waals surface area (Å²) in [5, 5.41) is 10.4. The van der Waals surface area contributed by atoms with Gasteiger partial charge in [-0.25, -0.2) is 0 Å². The first-order chi connectivity index (χ1) is 9.74. The average Bonchev–Trinajstić information content (AvgIpc) is 2.90. The number of rotatable bonds is 3. The minimum Gasteiger partial charge on any atom is -0.348 e. The first kappa shape index (κ1) is 12.9. The van der Waals surface area contributed by atoms with Gasteiger partial charge in [0.25, 0.3) is 5.91 Å². The smallest absolute Gasteiger partial charge is 0.251 e. The fourth-order valence-corrected chi connectivity index (χ4v) is 2.59. The van der Waals surface area contributed by atoms with Gasteiger partial charge < -0.3 is 10.6 Å². The summed E-state index contributed by atoms with van der Waals surface area (Å²) in [5.41, 5.74) is 4.21. The zero-order valence-corrected chi connectivity index (χ0v) is 11.5. The number of benzene rings is 1. The first-order valence-corrected chi connectivity index (χ1v) is 6.81. The Labute approximate surface area is 118 Å². The largest absolute Gasteiger partial charge is 0.348 e. The van der Waals surface area contributed by atoms with E-state index in [1.54, 1.807) is 10.9 Å². The second-order valence-corrected chi connectivity index (χ2v) is 5.07. The van der Waals surface area contributed by atoms with Crippen LogP contribution in [0.15, 0.2) is 30.6 Å². The molecule has 1 amide bonds. The maximum absolute atomic E-state index is 12.3. The predicted molar refractivity (Wildman–Crippen MR) is 76.2 cm³/mol. The zero-order valence-electron chi connectivity index (χ0n) is 11.5. The fourth-order valence-electron chi connectivity index (χ4n) is 2.59. The van der Waals surface area contributed by atoms with Crippen molar-refractivity contribution in [3.05, 3.63) is 52.8 Å². The molecule has 3 rings (SSSR count). The number of aromatic nitrogens is 2. The van der Waals surface area contributed by atoms with E-state index in [9.17, 15) is 4.79 Å². The van der Waals surface area contributed by atoms with Gasteiger partial charge in [-0.05, 0) is 30.2 Å². The van der Waals surface area contributed by atoms with Crippen LogP contribution in [-0.2, 0) is 26.6 Å². The van der Waals surface area contributed by atoms with Gasteiger partial charge in [0.2, 0.25) is 0 Å². The summed E-state index contributed by atoms with van der Waals surface area (Å²) in [6.07, 6.45) is 4.58. The molecule has 0 spiro atoms. The van der Waals surface area contributed by atoms with Gasteiger partial charge in [0.05, 0.1) is 6.20 Å². The van der Waals surface area contributed by atoms with Crippen molar-refractivity contribution >= 4 is 5.91 Å². The van der Waals surface area contributed by atoms with Crippen LogP contribution in [0, 0.1) is 0 Å². The third-order valence-corrected chi connectivity index (χ3v) is 3.60. The number of amides is 1. The van der Waals surface area contributed by atoms with Gasteiger partial charge in [-0.1, -0.05) is 12.1 Å². The number of fused-ring (bicyclic) bond motifs is 1. The molecule has 0 aliphatic carbocycles. The van der Waals surface area contributed by atoms with Crippen LogP contribution in [0.5, 0.6) is 0 Å². The lowest BCUT2D eigenvalue weighted by atomic mass is 9.95. The van der Waals surface area contributed by atoms with Crippen molar-refractivity contribution in [1.29, 1.82) is 0 Å². The minimum absolute atomic E-state index is 0.00685. The van der Waals surface area contributed by atoms with Crippen LogP contribution in [0.3, 0.4) is 0 Å². The molecule has 1 aliphatic rings. The van der Waals surface area contributed by atoms with Crippen LogP contribution in [0.1, 0.15) is 27.0 Å². The van der Waals surface area contributed by atoms with E-state index in [4.69, 9.17) is 0 Å². The molecule has 104 valence electrons. The normalized spacial score (nSPS) is 13.8. The number of nitrogens with zero attached hydrogens (tertiary/aromatic N) is 2. The Morgan fingerprint density at radius 3 is 3.20 bits per heavy atom. The topological polar surface area (TPSA) is 59.0 Å². The molecule has 5 heteroatoms. The molecule has 2 aromatic rings. The van der Waals surface area contributed by atoms with Gasteiger partial charge >= 0.3 is 0 Å². The molecular formula is C15H18N4O. The third kappa shape index (κ3) is 2.58. The summed E-state index contributed by atoms with van der Waals surface area (Å²) in [7, 11) is 1.87. The van der Waals surface area contributed by atoms with Crippen LogP contribution < -0.4 is 10.6 Å². The van der Waals surface area contributed by atoms with E-state index >= 15 is 0 Å². The maximum Gasteiger partial charge on any atom is 0.251 e. The second-order valence-electron chi connectivity index (χ2n) is 5.07. The molecule has 20 heavy (non-hydrogen) atoms. The number of carbonyl (C=O) groups excluding carboxylic acids is 1. The van der Waals surface area contributed by atoms with Gasteiger partial charge in [0.1, 0.15) is 0 Å². The highest BCUT2D eigenvalue weighted by atomic mass is 16.1. The van der Waals surface area contributed by atoms with E-state index in [1.807, 2.05) is 25.4 Å². The van der Waals surface area contributed by atoms with E-state index < -0.39 is 0 Å². The van der Waals surface area contributed by atoms with Crippen LogP contribution in [0.4, 0.5) is 0 Å². The van der Waals surface area contributed by atoms with Gasteiger partial charge in [-0.2, -0.15) is 5.10 Å². The number of hydrogen-bond donors (Lipinski definition) is 2. The molecule has 1 aromatic carbocycles. The Kier molecular flexibility index (Phi) is 3.52. The Morgan fingerprint density at radius 2 is 2.40 bits per heavy atom. The predicted octanol–water partition coefficient (Wildman–Crippen LogP) is 0.996. The summed E-state index contributed by atoms with van der Waals surface area (Å²) in [6.45, 7) is 2.29. The molecule has 0 radical (unpaired) electrons. The molecule has 5 nitrogen and oxygen atoms in total. The van der Waals surface area contributed by atoms with Crippen molar-refractivity contribution in [2.45, 2.75) is 19.5 Å². The molecule has 1 aliphatic heterocycles. The molecule has 0 unspecified atom stereocenters. The van der Waals surface area contributed by atoms with Crippen molar-refractivity contribution in [3.8, 4) is 0 Å². The van der Waals surface area contributed by atoms with E-state index in [2.05, 4.69) is 21.8 Å². The lowest BCUT2D eigenvalue weighted by molar-refractivity contribution is 0.0949. The summed E-state index contributed by atoms with van der Waals surface area (Å²) in [5.74, 6) is -0.00685. The van der Waals surface area contributed by atoms with Crippen molar-refractivity contribution < 1.29 is 4.79 Å². The Hall–Kier alpha value is -2.14. The monoisotopic (exact) mass is 270 g/mol. The first-order valence-electron chi connectivity index (χ1n) is 6.81. The molecular weight excluding hydrogens is 252 g/mol. The van der Waals surface area contributed by atoms with Crippen molar-refractivity contribution in [2.24, 2.45) is 7.05 Å². The Morgan fingerprint density at radius 1 is 1.50 bits per heavy atom. The summed E-state index contributed by atoms with van der Waals surface area (Å²) >= 11 is 0. The minimum atomic E-state index is -0.00685. The van der Waals surface area contributed by atoms with Crippen LogP contribution in [0.2, 0.25) is 0 Å². The van der Waals surface area contributed by atoms with Crippen molar-refractivity contribution in [1.82, 2.24) is 20.4 Å². The highest BCUT2D eigenvalue weighted by Crippen LogP contribution is 2.18. The zero-order chi connectivity index (χ0) is 13.9. The van der Waals surface area contributed by atoms with E-state index in [0.29, 0.717) is 6.54 Å². The number of hydrogen-bond acceptors (Lipinski definition) is 3. The third-order valence-electron chi connectivity index (χ3n) is 3.60. The van der Waals surface area contributed by atoms with E-state index in [0.717, 1.165) is 30.6 Å². The summed E-state index contributed by atoms with van der Waals surface area (Å²) in [4.78, 5) is 12.3. The fraction of sp³-hybridized carbons (Fsp3) is 0.333. The SMILES string of the molecule is Cn1cc(CNC(=O)c2cccc3c2CCNC3)cn1. The van der Waals surface area contributed by atoms with Gasteiger partial charge in [-0.3, -0.25) is 9.48 Å². The Balaban J connectivity index is 1.74. The number of aryl methyl sites for hydroxylation is 1. The van der Waals surface area contributed by atoms with Crippen LogP contribution in [-0.4, -0.2) is 22.2 Å². The average molecular weight is 270 g/mol. The van der Waals surface area contributed by atoms with Crippen molar-refractivity contribution in [3.63, 3.8) is 0 Å². The highest BCUT2D eigenvalue weighted by Gasteiger charge is 2.16. The van der Waals surface area contributed by atoms with E-state index in [1.165, 1.54) is 11.1 Å². The van der Waals surface area contributed by atoms with Gasteiger partial charge in [0, 0.05) is 37.5 Å². The van der Waals surface area contributed by atoms with Crippen LogP contribution >= 0.6 is 0 Å².